The molecule has 0 aliphatic heterocycles. The first-order valence-electron chi connectivity index (χ1n) is 7.28. The summed E-state index contributed by atoms with van der Waals surface area (Å²) in [5.41, 5.74) is 0.752. The van der Waals surface area contributed by atoms with Gasteiger partial charge in [0.15, 0.2) is 0 Å². The van der Waals surface area contributed by atoms with Crippen molar-refractivity contribution < 1.29 is 22.7 Å². The first kappa shape index (κ1) is 17.6. The average Bonchev–Trinajstić information content (AvgIpc) is 2.55. The maximum absolute atomic E-state index is 12.7. The predicted molar refractivity (Wildman–Crippen MR) is 86.1 cm³/mol. The van der Waals surface area contributed by atoms with Gasteiger partial charge in [-0.05, 0) is 36.8 Å². The number of anilines is 1. The molecule has 0 fully saturated rings. The fourth-order valence-electron chi connectivity index (χ4n) is 2.01. The molecule has 0 saturated heterocycles. The maximum atomic E-state index is 12.7. The van der Waals surface area contributed by atoms with E-state index in [1.807, 2.05) is 6.07 Å². The van der Waals surface area contributed by atoms with Crippen LogP contribution in [-0.2, 0) is 15.7 Å². The summed E-state index contributed by atoms with van der Waals surface area (Å²) in [4.78, 5) is 11.7. The molecule has 0 aromatic heterocycles. The fourth-order valence-corrected chi connectivity index (χ4v) is 2.01. The molecule has 0 aliphatic rings. The van der Waals surface area contributed by atoms with Gasteiger partial charge in [-0.3, -0.25) is 0 Å². The van der Waals surface area contributed by atoms with Crippen LogP contribution < -0.4 is 5.32 Å². The molecule has 0 spiro atoms. The largest absolute Gasteiger partial charge is 0.463 e. The Morgan fingerprint density at radius 3 is 2.25 bits per heavy atom. The zero-order chi connectivity index (χ0) is 17.6. The Balaban J connectivity index is 2.33. The Morgan fingerprint density at radius 2 is 1.71 bits per heavy atom. The lowest BCUT2D eigenvalue weighted by Crippen LogP contribution is -2.07. The third kappa shape index (κ3) is 4.87. The highest BCUT2D eigenvalue weighted by atomic mass is 19.4. The lowest BCUT2D eigenvalue weighted by Gasteiger charge is -2.13. The van der Waals surface area contributed by atoms with Crippen molar-refractivity contribution in [1.82, 2.24) is 0 Å². The first-order chi connectivity index (χ1) is 11.4. The molecule has 3 nitrogen and oxygen atoms in total. The number of alkyl halides is 3. The molecule has 2 rings (SSSR count). The van der Waals surface area contributed by atoms with Crippen LogP contribution in [0.2, 0.25) is 0 Å². The number of hydrogen-bond donors (Lipinski definition) is 1. The second-order valence-corrected chi connectivity index (χ2v) is 4.88. The number of rotatable bonds is 5. The van der Waals surface area contributed by atoms with Crippen LogP contribution in [-0.4, -0.2) is 12.6 Å². The van der Waals surface area contributed by atoms with Gasteiger partial charge >= 0.3 is 12.1 Å². The summed E-state index contributed by atoms with van der Waals surface area (Å²) in [5, 5.41) is 3.02. The second-order valence-electron chi connectivity index (χ2n) is 4.88. The van der Waals surface area contributed by atoms with Crippen molar-refractivity contribution in [2.45, 2.75) is 13.1 Å². The van der Waals surface area contributed by atoms with Crippen molar-refractivity contribution in [2.75, 3.05) is 11.9 Å². The summed E-state index contributed by atoms with van der Waals surface area (Å²) >= 11 is 0. The highest BCUT2D eigenvalue weighted by molar-refractivity contribution is 5.94. The summed E-state index contributed by atoms with van der Waals surface area (Å²) in [5.74, 6) is -0.573. The summed E-state index contributed by atoms with van der Waals surface area (Å²) < 4.78 is 42.9. The number of nitrogens with one attached hydrogen (secondary N) is 1. The van der Waals surface area contributed by atoms with Crippen molar-refractivity contribution >= 4 is 17.4 Å². The minimum Gasteiger partial charge on any atom is -0.463 e. The van der Waals surface area contributed by atoms with Crippen molar-refractivity contribution in [3.8, 4) is 0 Å². The van der Waals surface area contributed by atoms with Crippen LogP contribution in [0.25, 0.3) is 5.70 Å². The van der Waals surface area contributed by atoms with Crippen LogP contribution in [0.1, 0.15) is 18.1 Å². The van der Waals surface area contributed by atoms with Crippen LogP contribution in [0.3, 0.4) is 0 Å². The van der Waals surface area contributed by atoms with Gasteiger partial charge < -0.3 is 10.1 Å². The Hall–Kier alpha value is -2.76. The minimum atomic E-state index is -4.41. The molecule has 0 amide bonds. The zero-order valence-electron chi connectivity index (χ0n) is 12.9. The third-order valence-electron chi connectivity index (χ3n) is 3.12. The molecule has 1 N–H and O–H groups in total. The number of hydrogen-bond acceptors (Lipinski definition) is 3. The molecule has 0 saturated carbocycles. The van der Waals surface area contributed by atoms with Gasteiger partial charge in [-0.2, -0.15) is 13.2 Å². The summed E-state index contributed by atoms with van der Waals surface area (Å²) in [6, 6.07) is 13.6. The van der Waals surface area contributed by atoms with Crippen molar-refractivity contribution in [3.05, 3.63) is 71.8 Å². The highest BCUT2D eigenvalue weighted by Crippen LogP contribution is 2.30. The van der Waals surface area contributed by atoms with E-state index in [1.165, 1.54) is 18.2 Å². The molecular formula is C18H16F3NO2. The van der Waals surface area contributed by atoms with E-state index in [2.05, 4.69) is 5.32 Å². The van der Waals surface area contributed by atoms with Crippen LogP contribution in [0, 0.1) is 0 Å². The standard InChI is InChI=1S/C18H16F3NO2/c1-2-24-17(23)12-16(22-15-6-4-3-5-7-15)13-8-10-14(11-9-13)18(19,20)21/h3-12,22H,2H2,1H3/b16-12-. The third-order valence-corrected chi connectivity index (χ3v) is 3.12. The first-order valence-corrected chi connectivity index (χ1v) is 7.28. The molecule has 0 unspecified atom stereocenters. The van der Waals surface area contributed by atoms with E-state index in [0.29, 0.717) is 16.9 Å². The molecule has 2 aromatic rings. The van der Waals surface area contributed by atoms with Gasteiger partial charge in [0.1, 0.15) is 0 Å². The monoisotopic (exact) mass is 335 g/mol. The molecule has 0 atom stereocenters. The Kier molecular flexibility index (Phi) is 5.63. The molecule has 0 bridgehead atoms. The number of benzene rings is 2. The maximum Gasteiger partial charge on any atom is 0.416 e. The summed E-state index contributed by atoms with van der Waals surface area (Å²) in [6.45, 7) is 1.88. The van der Waals surface area contributed by atoms with Gasteiger partial charge in [-0.15, -0.1) is 0 Å². The van der Waals surface area contributed by atoms with Gasteiger partial charge in [0.25, 0.3) is 0 Å². The fraction of sp³-hybridized carbons (Fsp3) is 0.167. The smallest absolute Gasteiger partial charge is 0.416 e. The molecule has 24 heavy (non-hydrogen) atoms. The molecule has 6 heteroatoms. The van der Waals surface area contributed by atoms with Gasteiger partial charge in [-0.1, -0.05) is 30.3 Å². The Bertz CT molecular complexity index is 707. The number of ether oxygens (including phenoxy) is 1. The van der Waals surface area contributed by atoms with E-state index in [9.17, 15) is 18.0 Å². The van der Waals surface area contributed by atoms with Gasteiger partial charge in [0.2, 0.25) is 0 Å². The van der Waals surface area contributed by atoms with Gasteiger partial charge in [0, 0.05) is 11.8 Å². The Morgan fingerprint density at radius 1 is 1.08 bits per heavy atom. The number of carbonyl (C=O) groups is 1. The zero-order valence-corrected chi connectivity index (χ0v) is 12.9. The minimum absolute atomic E-state index is 0.209. The van der Waals surface area contributed by atoms with E-state index in [0.717, 1.165) is 12.1 Å². The van der Waals surface area contributed by atoms with Crippen LogP contribution >= 0.6 is 0 Å². The number of halogens is 3. The van der Waals surface area contributed by atoms with Gasteiger partial charge in [0.05, 0.1) is 17.9 Å². The molecule has 2 aromatic carbocycles. The molecule has 126 valence electrons. The molecule has 0 radical (unpaired) electrons. The normalized spacial score (nSPS) is 11.9. The highest BCUT2D eigenvalue weighted by Gasteiger charge is 2.30. The molecular weight excluding hydrogens is 319 g/mol. The Labute approximate surface area is 137 Å². The van der Waals surface area contributed by atoms with E-state index < -0.39 is 17.7 Å². The van der Waals surface area contributed by atoms with E-state index >= 15 is 0 Å². The number of para-hydroxylation sites is 1. The lowest BCUT2D eigenvalue weighted by atomic mass is 10.1. The number of carbonyl (C=O) groups excluding carboxylic acids is 1. The summed E-state index contributed by atoms with van der Waals surface area (Å²) in [7, 11) is 0. The van der Waals surface area contributed by atoms with Crippen molar-refractivity contribution in [3.63, 3.8) is 0 Å². The van der Waals surface area contributed by atoms with E-state index in [4.69, 9.17) is 4.74 Å². The van der Waals surface area contributed by atoms with Crippen LogP contribution in [0.5, 0.6) is 0 Å². The lowest BCUT2D eigenvalue weighted by molar-refractivity contribution is -0.138. The van der Waals surface area contributed by atoms with Crippen molar-refractivity contribution in [1.29, 1.82) is 0 Å². The SMILES string of the molecule is CCOC(=O)/C=C(\Nc1ccccc1)c1ccc(C(F)(F)F)cc1. The van der Waals surface area contributed by atoms with Crippen molar-refractivity contribution in [2.24, 2.45) is 0 Å². The quantitative estimate of drug-likeness (QED) is 0.634. The number of esters is 1. The van der Waals surface area contributed by atoms with Gasteiger partial charge in [-0.25, -0.2) is 4.79 Å². The van der Waals surface area contributed by atoms with Crippen LogP contribution in [0.4, 0.5) is 18.9 Å². The van der Waals surface area contributed by atoms with E-state index in [1.54, 1.807) is 31.2 Å². The predicted octanol–water partition coefficient (Wildman–Crippen LogP) is 4.72. The molecule has 0 aliphatic carbocycles. The molecule has 0 heterocycles. The second kappa shape index (κ2) is 7.68. The summed E-state index contributed by atoms with van der Waals surface area (Å²) in [6.07, 6.45) is -3.19. The average molecular weight is 335 g/mol. The van der Waals surface area contributed by atoms with Crippen LogP contribution in [0.15, 0.2) is 60.7 Å². The van der Waals surface area contributed by atoms with E-state index in [-0.39, 0.29) is 6.61 Å². The topological polar surface area (TPSA) is 38.3 Å².